The molecule has 11 heteroatoms. The molecule has 1 unspecified atom stereocenters. The fourth-order valence-electron chi connectivity index (χ4n) is 3.39. The number of anilines is 1. The molecule has 0 radical (unpaired) electrons. The van der Waals surface area contributed by atoms with E-state index in [4.69, 9.17) is 11.6 Å². The first-order valence-corrected chi connectivity index (χ1v) is 13.3. The number of carbonyl (C=O) groups is 3. The molecule has 180 valence electrons. The average Bonchev–Trinajstić information content (AvgIpc) is 2.84. The second-order valence-electron chi connectivity index (χ2n) is 7.69. The molecule has 0 bridgehead atoms. The first-order chi connectivity index (χ1) is 16.7. The Hall–Kier alpha value is -3.34. The number of hydrogen-bond acceptors (Lipinski definition) is 6. The molecule has 1 heterocycles. The van der Waals surface area contributed by atoms with Crippen molar-refractivity contribution in [3.05, 3.63) is 88.9 Å². The van der Waals surface area contributed by atoms with Gasteiger partial charge in [-0.1, -0.05) is 41.9 Å². The Morgan fingerprint density at radius 2 is 1.74 bits per heavy atom. The van der Waals surface area contributed by atoms with Crippen LogP contribution in [0.15, 0.2) is 82.6 Å². The summed E-state index contributed by atoms with van der Waals surface area (Å²) in [6.45, 7) is 0. The van der Waals surface area contributed by atoms with Crippen LogP contribution in [-0.2, 0) is 26.0 Å². The van der Waals surface area contributed by atoms with Crippen LogP contribution in [0.2, 0.25) is 5.02 Å². The summed E-state index contributed by atoms with van der Waals surface area (Å²) in [5, 5.41) is 5.69. The van der Waals surface area contributed by atoms with Crippen LogP contribution in [0.3, 0.4) is 0 Å². The van der Waals surface area contributed by atoms with E-state index in [1.165, 1.54) is 36.0 Å². The van der Waals surface area contributed by atoms with Crippen molar-refractivity contribution in [3.63, 3.8) is 0 Å². The van der Waals surface area contributed by atoms with E-state index in [1.54, 1.807) is 42.5 Å². The summed E-state index contributed by atoms with van der Waals surface area (Å²) in [5.41, 5.74) is 1.36. The molecule has 0 spiro atoms. The van der Waals surface area contributed by atoms with E-state index < -0.39 is 27.9 Å². The Balaban J connectivity index is 1.56. The summed E-state index contributed by atoms with van der Waals surface area (Å²) in [6, 6.07) is 18.1. The lowest BCUT2D eigenvalue weighted by atomic mass is 10.0. The standard InChI is InChI=1S/C24H20ClN3O5S2/c25-17-8-6-16(7-9-17)23(30)27-20(12-15-4-2-1-3-5-15)24(31)28-35(32,33)18-10-11-21-19(13-18)26-22(29)14-34-21/h1-11,13,20H,12,14H2,(H,26,29)(H,27,30)(H,28,31). The van der Waals surface area contributed by atoms with Crippen molar-refractivity contribution in [3.8, 4) is 0 Å². The predicted molar refractivity (Wildman–Crippen MR) is 134 cm³/mol. The van der Waals surface area contributed by atoms with Gasteiger partial charge in [-0.25, -0.2) is 13.1 Å². The molecular weight excluding hydrogens is 510 g/mol. The number of thioether (sulfide) groups is 1. The maximum atomic E-state index is 13.1. The van der Waals surface area contributed by atoms with Gasteiger partial charge in [0.15, 0.2) is 0 Å². The smallest absolute Gasteiger partial charge is 0.264 e. The van der Waals surface area contributed by atoms with Crippen LogP contribution in [0.1, 0.15) is 15.9 Å². The zero-order chi connectivity index (χ0) is 25.0. The second kappa shape index (κ2) is 10.5. The summed E-state index contributed by atoms with van der Waals surface area (Å²) in [7, 11) is -4.28. The monoisotopic (exact) mass is 529 g/mol. The Morgan fingerprint density at radius 1 is 1.03 bits per heavy atom. The van der Waals surface area contributed by atoms with Crippen LogP contribution in [0, 0.1) is 0 Å². The topological polar surface area (TPSA) is 121 Å². The number of benzene rings is 3. The number of carbonyl (C=O) groups excluding carboxylic acids is 3. The molecule has 0 saturated heterocycles. The Labute approximate surface area is 211 Å². The van der Waals surface area contributed by atoms with E-state index in [2.05, 4.69) is 15.4 Å². The van der Waals surface area contributed by atoms with Gasteiger partial charge in [0.2, 0.25) is 5.91 Å². The molecule has 8 nitrogen and oxygen atoms in total. The highest BCUT2D eigenvalue weighted by molar-refractivity contribution is 8.00. The minimum atomic E-state index is -4.28. The third-order valence-corrected chi connectivity index (χ3v) is 7.81. The van der Waals surface area contributed by atoms with Crippen LogP contribution in [0.5, 0.6) is 0 Å². The molecule has 1 aliphatic rings. The van der Waals surface area contributed by atoms with E-state index in [9.17, 15) is 22.8 Å². The lowest BCUT2D eigenvalue weighted by Crippen LogP contribution is -2.49. The van der Waals surface area contributed by atoms with E-state index in [0.717, 1.165) is 10.5 Å². The predicted octanol–water partition coefficient (Wildman–Crippen LogP) is 3.23. The molecule has 0 saturated carbocycles. The van der Waals surface area contributed by atoms with Gasteiger partial charge >= 0.3 is 0 Å². The number of fused-ring (bicyclic) bond motifs is 1. The van der Waals surface area contributed by atoms with Gasteiger partial charge in [0.25, 0.3) is 21.8 Å². The van der Waals surface area contributed by atoms with Crippen LogP contribution in [-0.4, -0.2) is 37.9 Å². The summed E-state index contributed by atoms with van der Waals surface area (Å²) in [4.78, 5) is 38.1. The number of rotatable bonds is 7. The van der Waals surface area contributed by atoms with Crippen molar-refractivity contribution in [1.29, 1.82) is 0 Å². The van der Waals surface area contributed by atoms with Gasteiger partial charge in [-0.2, -0.15) is 0 Å². The zero-order valence-corrected chi connectivity index (χ0v) is 20.5. The minimum Gasteiger partial charge on any atom is -0.340 e. The number of halogens is 1. The quantitative estimate of drug-likeness (QED) is 0.432. The largest absolute Gasteiger partial charge is 0.340 e. The van der Waals surface area contributed by atoms with Crippen LogP contribution in [0.25, 0.3) is 0 Å². The van der Waals surface area contributed by atoms with Crippen molar-refractivity contribution < 1.29 is 22.8 Å². The summed E-state index contributed by atoms with van der Waals surface area (Å²) >= 11 is 7.17. The number of hydrogen-bond donors (Lipinski definition) is 3. The molecule has 4 rings (SSSR count). The zero-order valence-electron chi connectivity index (χ0n) is 18.2. The minimum absolute atomic E-state index is 0.0679. The SMILES string of the molecule is O=C1CSc2ccc(S(=O)(=O)NC(=O)C(Cc3ccccc3)NC(=O)c3ccc(Cl)cc3)cc2N1. The second-order valence-corrected chi connectivity index (χ2v) is 10.8. The molecule has 35 heavy (non-hydrogen) atoms. The Kier molecular flexibility index (Phi) is 7.44. The summed E-state index contributed by atoms with van der Waals surface area (Å²) in [5.74, 6) is -1.45. The van der Waals surface area contributed by atoms with Gasteiger partial charge < -0.3 is 10.6 Å². The first kappa shape index (κ1) is 24.8. The van der Waals surface area contributed by atoms with Crippen LogP contribution in [0.4, 0.5) is 5.69 Å². The average molecular weight is 530 g/mol. The maximum Gasteiger partial charge on any atom is 0.264 e. The van der Waals surface area contributed by atoms with Crippen molar-refractivity contribution in [1.82, 2.24) is 10.0 Å². The van der Waals surface area contributed by atoms with Crippen molar-refractivity contribution in [2.45, 2.75) is 22.3 Å². The van der Waals surface area contributed by atoms with Gasteiger partial charge in [-0.15, -0.1) is 11.8 Å². The number of sulfonamides is 1. The lowest BCUT2D eigenvalue weighted by Gasteiger charge is -2.20. The molecule has 3 aromatic rings. The molecule has 1 aliphatic heterocycles. The lowest BCUT2D eigenvalue weighted by molar-refractivity contribution is -0.121. The molecule has 3 aromatic carbocycles. The highest BCUT2D eigenvalue weighted by atomic mass is 35.5. The van der Waals surface area contributed by atoms with Crippen molar-refractivity contribution in [2.75, 3.05) is 11.1 Å². The first-order valence-electron chi connectivity index (χ1n) is 10.4. The van der Waals surface area contributed by atoms with Gasteiger partial charge in [-0.3, -0.25) is 14.4 Å². The van der Waals surface area contributed by atoms with E-state index in [1.807, 2.05) is 6.07 Å². The fourth-order valence-corrected chi connectivity index (χ4v) is 5.35. The Morgan fingerprint density at radius 3 is 2.46 bits per heavy atom. The molecule has 3 amide bonds. The fraction of sp³-hybridized carbons (Fsp3) is 0.125. The maximum absolute atomic E-state index is 13.1. The molecule has 1 atom stereocenters. The van der Waals surface area contributed by atoms with Crippen LogP contribution >= 0.6 is 23.4 Å². The van der Waals surface area contributed by atoms with E-state index >= 15 is 0 Å². The van der Waals surface area contributed by atoms with Gasteiger partial charge in [-0.05, 0) is 48.0 Å². The third-order valence-electron chi connectivity index (χ3n) is 5.14. The summed E-state index contributed by atoms with van der Waals surface area (Å²) in [6.07, 6.45) is 0.0679. The van der Waals surface area contributed by atoms with E-state index in [-0.39, 0.29) is 28.5 Å². The molecule has 3 N–H and O–H groups in total. The summed E-state index contributed by atoms with van der Waals surface area (Å²) < 4.78 is 28.0. The highest BCUT2D eigenvalue weighted by Crippen LogP contribution is 2.33. The van der Waals surface area contributed by atoms with Crippen molar-refractivity contribution >= 4 is 56.8 Å². The molecule has 0 fully saturated rings. The highest BCUT2D eigenvalue weighted by Gasteiger charge is 2.28. The number of amides is 3. The normalized spacial score (nSPS) is 13.8. The van der Waals surface area contributed by atoms with E-state index in [0.29, 0.717) is 10.7 Å². The Bertz CT molecular complexity index is 1380. The third kappa shape index (κ3) is 6.21. The van der Waals surface area contributed by atoms with Crippen LogP contribution < -0.4 is 15.4 Å². The van der Waals surface area contributed by atoms with Gasteiger partial charge in [0, 0.05) is 21.9 Å². The molecule has 0 aromatic heterocycles. The molecule has 0 aliphatic carbocycles. The van der Waals surface area contributed by atoms with Gasteiger partial charge in [0.1, 0.15) is 6.04 Å². The number of nitrogens with one attached hydrogen (secondary N) is 3. The van der Waals surface area contributed by atoms with Gasteiger partial charge in [0.05, 0.1) is 16.3 Å². The molecular formula is C24H20ClN3O5S2. The van der Waals surface area contributed by atoms with Crippen molar-refractivity contribution in [2.24, 2.45) is 0 Å².